The second-order valence-electron chi connectivity index (χ2n) is 4.99. The Labute approximate surface area is 145 Å². The first-order valence-electron chi connectivity index (χ1n) is 6.71. The Balaban J connectivity index is 1.76. The average molecular weight is 419 g/mol. The fraction of sp³-hybridized carbons (Fsp3) is 0.214. The van der Waals surface area contributed by atoms with Crippen LogP contribution in [0, 0.1) is 5.82 Å². The Morgan fingerprint density at radius 1 is 1.22 bits per heavy atom. The molecule has 0 saturated carbocycles. The molecule has 122 valence electrons. The van der Waals surface area contributed by atoms with Crippen LogP contribution in [0.25, 0.3) is 0 Å². The Morgan fingerprint density at radius 2 is 1.91 bits per heavy atom. The summed E-state index contributed by atoms with van der Waals surface area (Å²) in [4.78, 5) is 13.9. The van der Waals surface area contributed by atoms with Crippen LogP contribution in [0.2, 0.25) is 0 Å². The third-order valence-corrected chi connectivity index (χ3v) is 7.04. The van der Waals surface area contributed by atoms with Crippen LogP contribution in [0.4, 0.5) is 10.1 Å². The Bertz CT molecular complexity index is 836. The Kier molecular flexibility index (Phi) is 4.54. The molecular formula is C14H12BrFN2O3S2. The van der Waals surface area contributed by atoms with E-state index < -0.39 is 16.1 Å². The summed E-state index contributed by atoms with van der Waals surface area (Å²) in [7, 11) is -3.74. The van der Waals surface area contributed by atoms with Crippen LogP contribution in [0.1, 0.15) is 6.42 Å². The monoisotopic (exact) mass is 418 g/mol. The summed E-state index contributed by atoms with van der Waals surface area (Å²) in [5.74, 6) is -0.725. The second-order valence-corrected chi connectivity index (χ2v) is 9.39. The van der Waals surface area contributed by atoms with Gasteiger partial charge >= 0.3 is 0 Å². The lowest BCUT2D eigenvalue weighted by Gasteiger charge is -2.17. The minimum Gasteiger partial charge on any atom is -0.311 e. The molecule has 0 aliphatic carbocycles. The molecule has 1 aliphatic heterocycles. The van der Waals surface area contributed by atoms with Crippen LogP contribution < -0.4 is 9.62 Å². The van der Waals surface area contributed by atoms with Crippen molar-refractivity contribution in [3.63, 3.8) is 0 Å². The number of amides is 1. The van der Waals surface area contributed by atoms with Crippen molar-refractivity contribution < 1.29 is 17.6 Å². The van der Waals surface area contributed by atoms with Crippen molar-refractivity contribution in [2.75, 3.05) is 11.4 Å². The number of nitrogens with one attached hydrogen (secondary N) is 1. The van der Waals surface area contributed by atoms with Crippen molar-refractivity contribution >= 4 is 48.9 Å². The lowest BCUT2D eigenvalue weighted by molar-refractivity contribution is -0.118. The van der Waals surface area contributed by atoms with Gasteiger partial charge in [-0.15, -0.1) is 11.3 Å². The number of sulfonamides is 1. The Morgan fingerprint density at radius 3 is 2.52 bits per heavy atom. The van der Waals surface area contributed by atoms with Gasteiger partial charge in [0.25, 0.3) is 10.0 Å². The molecule has 1 atom stereocenters. The number of nitrogens with zero attached hydrogens (tertiary/aromatic N) is 1. The molecule has 1 aromatic heterocycles. The van der Waals surface area contributed by atoms with Gasteiger partial charge in [-0.25, -0.2) is 12.8 Å². The molecule has 2 heterocycles. The number of anilines is 1. The maximum Gasteiger partial charge on any atom is 0.250 e. The number of halogens is 2. The third kappa shape index (κ3) is 3.47. The number of thiophene rings is 1. The van der Waals surface area contributed by atoms with Crippen LogP contribution in [0.3, 0.4) is 0 Å². The molecular weight excluding hydrogens is 407 g/mol. The number of carbonyl (C=O) groups is 1. The number of carbonyl (C=O) groups excluding carboxylic acids is 1. The van der Waals surface area contributed by atoms with E-state index in [-0.39, 0.29) is 15.9 Å². The molecule has 0 bridgehead atoms. The molecule has 5 nitrogen and oxygen atoms in total. The van der Waals surface area contributed by atoms with Gasteiger partial charge in [0.05, 0.1) is 3.79 Å². The van der Waals surface area contributed by atoms with E-state index in [9.17, 15) is 17.6 Å². The van der Waals surface area contributed by atoms with Crippen molar-refractivity contribution in [2.24, 2.45) is 0 Å². The molecule has 1 fully saturated rings. The van der Waals surface area contributed by atoms with Crippen LogP contribution in [0.15, 0.2) is 44.4 Å². The van der Waals surface area contributed by atoms with Crippen molar-refractivity contribution in [3.8, 4) is 0 Å². The van der Waals surface area contributed by atoms with E-state index in [0.717, 1.165) is 11.3 Å². The normalized spacial score (nSPS) is 18.6. The van der Waals surface area contributed by atoms with Gasteiger partial charge in [0.1, 0.15) is 16.1 Å². The summed E-state index contributed by atoms with van der Waals surface area (Å²) in [6.45, 7) is 0.381. The first-order chi connectivity index (χ1) is 10.9. The van der Waals surface area contributed by atoms with Crippen molar-refractivity contribution in [2.45, 2.75) is 16.7 Å². The van der Waals surface area contributed by atoms with Gasteiger partial charge < -0.3 is 4.90 Å². The zero-order valence-electron chi connectivity index (χ0n) is 11.7. The van der Waals surface area contributed by atoms with Crippen molar-refractivity contribution in [1.82, 2.24) is 4.72 Å². The van der Waals surface area contributed by atoms with Gasteiger partial charge in [0.2, 0.25) is 5.91 Å². The maximum absolute atomic E-state index is 13.0. The topological polar surface area (TPSA) is 66.5 Å². The molecule has 23 heavy (non-hydrogen) atoms. The molecule has 2 aromatic rings. The second kappa shape index (κ2) is 6.31. The summed E-state index contributed by atoms with van der Waals surface area (Å²) in [5, 5.41) is 0. The Hall–Kier alpha value is -1.29. The number of rotatable bonds is 4. The fourth-order valence-corrected chi connectivity index (χ4v) is 5.60. The zero-order chi connectivity index (χ0) is 16.6. The lowest BCUT2D eigenvalue weighted by Crippen LogP contribution is -2.41. The van der Waals surface area contributed by atoms with E-state index in [4.69, 9.17) is 0 Å². The van der Waals surface area contributed by atoms with E-state index >= 15 is 0 Å². The minimum absolute atomic E-state index is 0.150. The van der Waals surface area contributed by atoms with Gasteiger partial charge in [0, 0.05) is 12.2 Å². The highest BCUT2D eigenvalue weighted by molar-refractivity contribution is 9.11. The molecule has 0 radical (unpaired) electrons. The molecule has 3 rings (SSSR count). The summed E-state index contributed by atoms with van der Waals surface area (Å²) in [6.07, 6.45) is 0.363. The van der Waals surface area contributed by atoms with E-state index in [1.165, 1.54) is 35.2 Å². The number of hydrogen-bond donors (Lipinski definition) is 1. The van der Waals surface area contributed by atoms with Crippen molar-refractivity contribution in [1.29, 1.82) is 0 Å². The number of hydrogen-bond acceptors (Lipinski definition) is 4. The highest BCUT2D eigenvalue weighted by Crippen LogP contribution is 2.27. The number of benzene rings is 1. The average Bonchev–Trinajstić information content (AvgIpc) is 3.08. The highest BCUT2D eigenvalue weighted by Gasteiger charge is 2.36. The predicted octanol–water partition coefficient (Wildman–Crippen LogP) is 2.73. The third-order valence-electron chi connectivity index (χ3n) is 3.45. The molecule has 1 saturated heterocycles. The minimum atomic E-state index is -3.74. The summed E-state index contributed by atoms with van der Waals surface area (Å²) in [6, 6.07) is 7.84. The van der Waals surface area contributed by atoms with Gasteiger partial charge in [-0.1, -0.05) is 0 Å². The van der Waals surface area contributed by atoms with E-state index in [1.54, 1.807) is 6.07 Å². The first kappa shape index (κ1) is 16.6. The van der Waals surface area contributed by atoms with Gasteiger partial charge in [-0.2, -0.15) is 4.72 Å². The van der Waals surface area contributed by atoms with Gasteiger partial charge in [-0.3, -0.25) is 4.79 Å². The fourth-order valence-electron chi connectivity index (χ4n) is 2.35. The van der Waals surface area contributed by atoms with Gasteiger partial charge in [-0.05, 0) is 58.7 Å². The van der Waals surface area contributed by atoms with Crippen LogP contribution in [-0.2, 0) is 14.8 Å². The molecule has 9 heteroatoms. The molecule has 1 aliphatic rings. The summed E-state index contributed by atoms with van der Waals surface area (Å²) >= 11 is 4.29. The SMILES string of the molecule is O=C1[C@@H](NS(=O)(=O)c2ccc(Br)s2)CCN1c1ccc(F)cc1. The first-order valence-corrected chi connectivity index (χ1v) is 9.81. The summed E-state index contributed by atoms with van der Waals surface area (Å²) < 4.78 is 40.8. The van der Waals surface area contributed by atoms with Crippen LogP contribution in [-0.4, -0.2) is 26.9 Å². The van der Waals surface area contributed by atoms with Gasteiger partial charge in [0.15, 0.2) is 0 Å². The van der Waals surface area contributed by atoms with E-state index in [1.807, 2.05) is 0 Å². The highest BCUT2D eigenvalue weighted by atomic mass is 79.9. The molecule has 0 spiro atoms. The lowest BCUT2D eigenvalue weighted by atomic mass is 10.3. The molecule has 1 aromatic carbocycles. The standard InChI is InChI=1S/C14H12BrFN2O3S2/c15-12-5-6-13(22-12)23(20,21)17-11-7-8-18(14(11)19)10-3-1-9(16)2-4-10/h1-6,11,17H,7-8H2/t11-/m0/s1. The smallest absolute Gasteiger partial charge is 0.250 e. The molecule has 1 N–H and O–H groups in total. The summed E-state index contributed by atoms with van der Waals surface area (Å²) in [5.41, 5.74) is 0.553. The zero-order valence-corrected chi connectivity index (χ0v) is 14.9. The van der Waals surface area contributed by atoms with Crippen LogP contribution >= 0.6 is 27.3 Å². The largest absolute Gasteiger partial charge is 0.311 e. The molecule has 1 amide bonds. The van der Waals surface area contributed by atoms with E-state index in [2.05, 4.69) is 20.7 Å². The van der Waals surface area contributed by atoms with Crippen LogP contribution in [0.5, 0.6) is 0 Å². The maximum atomic E-state index is 13.0. The predicted molar refractivity (Wildman–Crippen MR) is 89.5 cm³/mol. The van der Waals surface area contributed by atoms with Crippen molar-refractivity contribution in [3.05, 3.63) is 46.0 Å². The van der Waals surface area contributed by atoms with E-state index in [0.29, 0.717) is 22.4 Å². The molecule has 0 unspecified atom stereocenters. The quantitative estimate of drug-likeness (QED) is 0.829.